The van der Waals surface area contributed by atoms with Crippen LogP contribution in [0.4, 0.5) is 5.69 Å². The molecule has 0 spiro atoms. The minimum absolute atomic E-state index is 0.0204. The summed E-state index contributed by atoms with van der Waals surface area (Å²) >= 11 is 6.14. The number of rotatable bonds is 4. The number of fused-ring (bicyclic) bond motifs is 5. The van der Waals surface area contributed by atoms with E-state index in [1.165, 1.54) is 6.07 Å². The van der Waals surface area contributed by atoms with Crippen molar-refractivity contribution in [1.29, 1.82) is 0 Å². The molecule has 0 aliphatic carbocycles. The molecule has 4 aromatic rings. The van der Waals surface area contributed by atoms with Crippen LogP contribution in [-0.4, -0.2) is 52.8 Å². The maximum absolute atomic E-state index is 12.5. The molecule has 1 unspecified atom stereocenters. The third-order valence-electron chi connectivity index (χ3n) is 5.69. The zero-order valence-electron chi connectivity index (χ0n) is 18.1. The highest BCUT2D eigenvalue weighted by molar-refractivity contribution is 6.29. The van der Waals surface area contributed by atoms with Crippen LogP contribution in [0.25, 0.3) is 21.9 Å². The maximum atomic E-state index is 12.5. The summed E-state index contributed by atoms with van der Waals surface area (Å²) in [6, 6.07) is 8.80. The first kappa shape index (κ1) is 20.9. The van der Waals surface area contributed by atoms with Crippen molar-refractivity contribution in [3.8, 4) is 17.8 Å². The molecule has 3 aromatic heterocycles. The van der Waals surface area contributed by atoms with E-state index < -0.39 is 0 Å². The van der Waals surface area contributed by atoms with E-state index in [0.29, 0.717) is 42.4 Å². The molecule has 1 amide bonds. The number of anilines is 1. The van der Waals surface area contributed by atoms with Gasteiger partial charge in [0.25, 0.3) is 5.91 Å². The monoisotopic (exact) mass is 481 g/mol. The van der Waals surface area contributed by atoms with Gasteiger partial charge >= 0.3 is 6.01 Å². The highest BCUT2D eigenvalue weighted by atomic mass is 35.5. The van der Waals surface area contributed by atoms with Crippen molar-refractivity contribution in [3.05, 3.63) is 41.2 Å². The van der Waals surface area contributed by atoms with Crippen molar-refractivity contribution < 1.29 is 23.4 Å². The van der Waals surface area contributed by atoms with Gasteiger partial charge in [0.1, 0.15) is 16.8 Å². The van der Waals surface area contributed by atoms with E-state index in [-0.39, 0.29) is 40.9 Å². The summed E-state index contributed by atoms with van der Waals surface area (Å²) in [5.74, 6) is 0.563. The standard InChI is InChI=1S/C23H20ClN5O5/c1-11-9-25-20-19-13-2-5-17(27-14(13)3-4-15(19)33-21(20)22(30)26-11)34-18-8-16(24)28-23(29-18)32-12-6-7-31-10-12/h2-5,8,11-12,25H,6-7,9-10H2,1H3,(H,26,30)/t11-,12?/m1/s1. The lowest BCUT2D eigenvalue weighted by Gasteiger charge is -2.11. The van der Waals surface area contributed by atoms with Crippen LogP contribution in [-0.2, 0) is 4.74 Å². The van der Waals surface area contributed by atoms with Gasteiger partial charge in [-0.05, 0) is 25.1 Å². The highest BCUT2D eigenvalue weighted by Gasteiger charge is 2.26. The molecule has 6 rings (SSSR count). The predicted molar refractivity (Wildman–Crippen MR) is 124 cm³/mol. The van der Waals surface area contributed by atoms with Crippen LogP contribution in [0.3, 0.4) is 0 Å². The molecule has 2 aliphatic heterocycles. The van der Waals surface area contributed by atoms with Gasteiger partial charge in [-0.1, -0.05) is 11.6 Å². The first-order valence-corrected chi connectivity index (χ1v) is 11.3. The second-order valence-corrected chi connectivity index (χ2v) is 8.62. The molecule has 174 valence electrons. The summed E-state index contributed by atoms with van der Waals surface area (Å²) in [5.41, 5.74) is 1.94. The molecule has 11 heteroatoms. The SMILES string of the molecule is C[C@@H]1CNc2c(oc3ccc4nc(Oc5cc(Cl)nc(OC6CCOC6)n5)ccc4c23)C(=O)N1. The number of benzene rings is 1. The Morgan fingerprint density at radius 2 is 2.06 bits per heavy atom. The molecule has 2 aliphatic rings. The predicted octanol–water partition coefficient (Wildman–Crippen LogP) is 3.93. The summed E-state index contributed by atoms with van der Waals surface area (Å²) < 4.78 is 22.8. The molecule has 34 heavy (non-hydrogen) atoms. The second-order valence-electron chi connectivity index (χ2n) is 8.23. The minimum Gasteiger partial charge on any atom is -0.457 e. The molecule has 1 saturated heterocycles. The molecule has 2 atom stereocenters. The number of aromatic nitrogens is 3. The fourth-order valence-corrected chi connectivity index (χ4v) is 4.27. The Bertz CT molecular complexity index is 1420. The Balaban J connectivity index is 1.33. The number of amides is 1. The molecule has 0 radical (unpaired) electrons. The summed E-state index contributed by atoms with van der Waals surface area (Å²) in [6.45, 7) is 3.64. The van der Waals surface area contributed by atoms with Gasteiger partial charge < -0.3 is 29.3 Å². The molecule has 5 heterocycles. The van der Waals surface area contributed by atoms with Crippen LogP contribution in [0, 0.1) is 0 Å². The smallest absolute Gasteiger partial charge is 0.321 e. The lowest BCUT2D eigenvalue weighted by Crippen LogP contribution is -2.34. The van der Waals surface area contributed by atoms with Crippen molar-refractivity contribution in [1.82, 2.24) is 20.3 Å². The normalized spacial score (nSPS) is 20.0. The Morgan fingerprint density at radius 3 is 2.91 bits per heavy atom. The van der Waals surface area contributed by atoms with Gasteiger partial charge in [0.15, 0.2) is 0 Å². The molecular formula is C23H20ClN5O5. The van der Waals surface area contributed by atoms with Gasteiger partial charge in [-0.2, -0.15) is 9.97 Å². The Hall–Kier alpha value is -3.63. The van der Waals surface area contributed by atoms with Crippen LogP contribution in [0.2, 0.25) is 5.15 Å². The number of carbonyl (C=O) groups excluding carboxylic acids is 1. The number of nitrogens with one attached hydrogen (secondary N) is 2. The van der Waals surface area contributed by atoms with Crippen molar-refractivity contribution in [3.63, 3.8) is 0 Å². The van der Waals surface area contributed by atoms with Crippen LogP contribution >= 0.6 is 11.6 Å². The topological polar surface area (TPSA) is 121 Å². The van der Waals surface area contributed by atoms with E-state index in [2.05, 4.69) is 25.6 Å². The number of furan rings is 1. The number of hydrogen-bond acceptors (Lipinski definition) is 9. The molecule has 2 N–H and O–H groups in total. The largest absolute Gasteiger partial charge is 0.457 e. The number of pyridine rings is 1. The fraction of sp³-hybridized carbons (Fsp3) is 0.304. The molecule has 1 aromatic carbocycles. The van der Waals surface area contributed by atoms with Gasteiger partial charge in [0, 0.05) is 36.5 Å². The summed E-state index contributed by atoms with van der Waals surface area (Å²) in [4.78, 5) is 25.5. The Kier molecular flexibility index (Phi) is 5.11. The molecule has 10 nitrogen and oxygen atoms in total. The highest BCUT2D eigenvalue weighted by Crippen LogP contribution is 2.38. The average Bonchev–Trinajstić information content (AvgIpc) is 3.42. The summed E-state index contributed by atoms with van der Waals surface area (Å²) in [5, 5.41) is 8.06. The van der Waals surface area contributed by atoms with E-state index in [1.54, 1.807) is 12.1 Å². The Labute approximate surface area is 198 Å². The first-order valence-electron chi connectivity index (χ1n) is 10.9. The van der Waals surface area contributed by atoms with E-state index in [9.17, 15) is 4.79 Å². The number of carbonyl (C=O) groups is 1. The van der Waals surface area contributed by atoms with Crippen molar-refractivity contribution in [2.75, 3.05) is 25.1 Å². The zero-order valence-corrected chi connectivity index (χ0v) is 18.9. The van der Waals surface area contributed by atoms with Crippen LogP contribution in [0.5, 0.6) is 17.8 Å². The van der Waals surface area contributed by atoms with E-state index in [4.69, 9.17) is 30.2 Å². The van der Waals surface area contributed by atoms with Crippen LogP contribution in [0.15, 0.2) is 34.7 Å². The molecule has 0 saturated carbocycles. The second kappa shape index (κ2) is 8.30. The first-order chi connectivity index (χ1) is 16.5. The third kappa shape index (κ3) is 3.84. The van der Waals surface area contributed by atoms with Crippen LogP contribution < -0.4 is 20.1 Å². The minimum atomic E-state index is -0.243. The van der Waals surface area contributed by atoms with Gasteiger partial charge in [-0.15, -0.1) is 0 Å². The fourth-order valence-electron chi connectivity index (χ4n) is 4.11. The number of hydrogen-bond donors (Lipinski definition) is 2. The van der Waals surface area contributed by atoms with Crippen molar-refractivity contribution in [2.45, 2.75) is 25.5 Å². The summed E-state index contributed by atoms with van der Waals surface area (Å²) in [7, 11) is 0. The van der Waals surface area contributed by atoms with Gasteiger partial charge in [0.05, 0.1) is 29.8 Å². The quantitative estimate of drug-likeness (QED) is 0.417. The molecule has 1 fully saturated rings. The van der Waals surface area contributed by atoms with Gasteiger partial charge in [-0.3, -0.25) is 4.79 Å². The van der Waals surface area contributed by atoms with Crippen molar-refractivity contribution >= 4 is 45.1 Å². The number of ether oxygens (including phenoxy) is 3. The lowest BCUT2D eigenvalue weighted by molar-refractivity contribution is 0.0920. The third-order valence-corrected chi connectivity index (χ3v) is 5.88. The van der Waals surface area contributed by atoms with E-state index in [0.717, 1.165) is 17.2 Å². The van der Waals surface area contributed by atoms with Crippen molar-refractivity contribution in [2.24, 2.45) is 0 Å². The number of halogens is 1. The van der Waals surface area contributed by atoms with E-state index >= 15 is 0 Å². The van der Waals surface area contributed by atoms with Gasteiger partial charge in [-0.25, -0.2) is 4.98 Å². The average molecular weight is 482 g/mol. The van der Waals surface area contributed by atoms with E-state index in [1.807, 2.05) is 19.1 Å². The summed E-state index contributed by atoms with van der Waals surface area (Å²) in [6.07, 6.45) is 0.649. The molecular weight excluding hydrogens is 462 g/mol. The zero-order chi connectivity index (χ0) is 23.2. The molecule has 0 bridgehead atoms. The lowest BCUT2D eigenvalue weighted by atomic mass is 10.1. The van der Waals surface area contributed by atoms with Gasteiger partial charge in [0.2, 0.25) is 17.5 Å². The van der Waals surface area contributed by atoms with Crippen LogP contribution in [0.1, 0.15) is 23.9 Å². The number of nitrogens with zero attached hydrogens (tertiary/aromatic N) is 3. The Morgan fingerprint density at radius 1 is 1.15 bits per heavy atom. The maximum Gasteiger partial charge on any atom is 0.321 e.